The first-order valence-electron chi connectivity index (χ1n) is 15.4. The fourth-order valence-corrected chi connectivity index (χ4v) is 5.70. The number of hydrogen-bond acceptors (Lipinski definition) is 7. The zero-order valence-electron chi connectivity index (χ0n) is 26.8. The Balaban J connectivity index is 1.20. The Morgan fingerprint density at radius 1 is 0.957 bits per heavy atom. The number of hydrogen-bond donors (Lipinski definition) is 3. The molecule has 10 heteroatoms. The van der Waals surface area contributed by atoms with Crippen LogP contribution in [-0.2, 0) is 5.54 Å². The van der Waals surface area contributed by atoms with Crippen LogP contribution in [0, 0.1) is 6.92 Å². The van der Waals surface area contributed by atoms with Gasteiger partial charge in [0.15, 0.2) is 11.7 Å². The molecule has 236 valence electrons. The molecular formula is C36H39N7O3. The van der Waals surface area contributed by atoms with Crippen LogP contribution in [0.2, 0.25) is 0 Å². The molecule has 0 spiro atoms. The lowest BCUT2D eigenvalue weighted by Crippen LogP contribution is -2.44. The molecule has 1 fully saturated rings. The van der Waals surface area contributed by atoms with Crippen LogP contribution in [-0.4, -0.2) is 75.9 Å². The minimum atomic E-state index is -0.372. The molecule has 1 saturated heterocycles. The Labute approximate surface area is 268 Å². The standard InChI is InChI=1S/C36H39N7O3/c1-23-19-32(43(40-23)36(2,3)4)35(46)38-27-8-6-7-24(20-27)33(44)25-9-14-31-29(21-25)30(34(45)39-31)22-37-26-10-12-28(13-11-26)42-17-15-41(5)16-18-42/h6-14,19-22,39,45H,15-18H2,1-5H3,(H,38,46). The van der Waals surface area contributed by atoms with Crippen LogP contribution in [0.4, 0.5) is 17.1 Å². The molecule has 3 N–H and O–H groups in total. The number of amides is 1. The van der Waals surface area contributed by atoms with E-state index >= 15 is 0 Å². The average Bonchev–Trinajstić information content (AvgIpc) is 3.59. The van der Waals surface area contributed by atoms with E-state index < -0.39 is 0 Å². The molecule has 3 aromatic carbocycles. The lowest BCUT2D eigenvalue weighted by molar-refractivity contribution is 0.100. The minimum Gasteiger partial charge on any atom is -0.494 e. The van der Waals surface area contributed by atoms with Crippen molar-refractivity contribution in [2.45, 2.75) is 33.2 Å². The van der Waals surface area contributed by atoms with Crippen LogP contribution in [0.25, 0.3) is 10.9 Å². The van der Waals surface area contributed by atoms with Crippen LogP contribution < -0.4 is 10.2 Å². The molecule has 0 aliphatic carbocycles. The second kappa shape index (κ2) is 12.3. The van der Waals surface area contributed by atoms with Crippen molar-refractivity contribution in [3.63, 3.8) is 0 Å². The summed E-state index contributed by atoms with van der Waals surface area (Å²) in [4.78, 5) is 39.1. The number of fused-ring (bicyclic) bond motifs is 1. The maximum Gasteiger partial charge on any atom is 0.273 e. The van der Waals surface area contributed by atoms with Crippen LogP contribution in [0.15, 0.2) is 77.8 Å². The first kappa shape index (κ1) is 30.8. The molecule has 0 bridgehead atoms. The van der Waals surface area contributed by atoms with E-state index in [1.54, 1.807) is 59.4 Å². The summed E-state index contributed by atoms with van der Waals surface area (Å²) >= 11 is 0. The van der Waals surface area contributed by atoms with Gasteiger partial charge in [-0.1, -0.05) is 12.1 Å². The van der Waals surface area contributed by atoms with Crippen molar-refractivity contribution >= 4 is 45.9 Å². The van der Waals surface area contributed by atoms with Gasteiger partial charge in [-0.05, 0) is 95.4 Å². The summed E-state index contributed by atoms with van der Waals surface area (Å²) in [5, 5.41) is 18.8. The summed E-state index contributed by atoms with van der Waals surface area (Å²) in [6, 6.07) is 21.9. The molecule has 2 aromatic heterocycles. The predicted molar refractivity (Wildman–Crippen MR) is 183 cm³/mol. The quantitative estimate of drug-likeness (QED) is 0.150. The molecule has 0 atom stereocenters. The van der Waals surface area contributed by atoms with E-state index in [4.69, 9.17) is 0 Å². The average molecular weight is 618 g/mol. The molecule has 1 aliphatic heterocycles. The molecule has 5 aromatic rings. The van der Waals surface area contributed by atoms with E-state index in [9.17, 15) is 14.7 Å². The number of aromatic amines is 1. The van der Waals surface area contributed by atoms with Gasteiger partial charge in [-0.3, -0.25) is 19.3 Å². The lowest BCUT2D eigenvalue weighted by Gasteiger charge is -2.34. The first-order chi connectivity index (χ1) is 22.0. The Morgan fingerprint density at radius 3 is 2.39 bits per heavy atom. The number of ketones is 1. The predicted octanol–water partition coefficient (Wildman–Crippen LogP) is 6.12. The van der Waals surface area contributed by atoms with Crippen LogP contribution in [0.3, 0.4) is 0 Å². The van der Waals surface area contributed by atoms with E-state index in [1.807, 2.05) is 39.8 Å². The number of aliphatic imine (C=N–C) groups is 1. The van der Waals surface area contributed by atoms with Gasteiger partial charge in [-0.2, -0.15) is 5.10 Å². The highest BCUT2D eigenvalue weighted by atomic mass is 16.3. The number of benzene rings is 3. The number of carbonyl (C=O) groups is 2. The van der Waals surface area contributed by atoms with Crippen molar-refractivity contribution in [1.29, 1.82) is 0 Å². The largest absolute Gasteiger partial charge is 0.494 e. The Bertz CT molecular complexity index is 1940. The molecular weight excluding hydrogens is 578 g/mol. The number of H-pyrrole nitrogens is 1. The highest BCUT2D eigenvalue weighted by Gasteiger charge is 2.23. The monoisotopic (exact) mass is 617 g/mol. The second-order valence-electron chi connectivity index (χ2n) is 12.8. The molecule has 0 saturated carbocycles. The fourth-order valence-electron chi connectivity index (χ4n) is 5.70. The molecule has 46 heavy (non-hydrogen) atoms. The normalized spacial score (nSPS) is 14.3. The summed E-state index contributed by atoms with van der Waals surface area (Å²) in [5.41, 5.74) is 5.31. The summed E-state index contributed by atoms with van der Waals surface area (Å²) < 4.78 is 1.71. The van der Waals surface area contributed by atoms with Gasteiger partial charge >= 0.3 is 0 Å². The number of aromatic hydroxyl groups is 1. The number of likely N-dealkylation sites (N-methyl/N-ethyl adjacent to an activating group) is 1. The van der Waals surface area contributed by atoms with E-state index in [0.717, 1.165) is 37.6 Å². The third kappa shape index (κ3) is 6.43. The summed E-state index contributed by atoms with van der Waals surface area (Å²) in [6.07, 6.45) is 1.62. The van der Waals surface area contributed by atoms with E-state index in [2.05, 4.69) is 49.4 Å². The molecule has 10 nitrogen and oxygen atoms in total. The highest BCUT2D eigenvalue weighted by molar-refractivity contribution is 6.13. The Morgan fingerprint density at radius 2 is 1.67 bits per heavy atom. The maximum atomic E-state index is 13.6. The summed E-state index contributed by atoms with van der Waals surface area (Å²) in [7, 11) is 2.14. The van der Waals surface area contributed by atoms with Crippen molar-refractivity contribution in [3.8, 4) is 5.88 Å². The number of aryl methyl sites for hydroxylation is 1. The molecule has 6 rings (SSSR count). The first-order valence-corrected chi connectivity index (χ1v) is 15.4. The third-order valence-corrected chi connectivity index (χ3v) is 8.22. The van der Waals surface area contributed by atoms with Gasteiger partial charge < -0.3 is 25.2 Å². The van der Waals surface area contributed by atoms with Gasteiger partial charge in [0.1, 0.15) is 5.69 Å². The van der Waals surface area contributed by atoms with E-state index in [-0.39, 0.29) is 23.1 Å². The number of nitrogens with one attached hydrogen (secondary N) is 2. The van der Waals surface area contributed by atoms with Gasteiger partial charge in [0.2, 0.25) is 0 Å². The molecule has 3 heterocycles. The van der Waals surface area contributed by atoms with Gasteiger partial charge in [-0.25, -0.2) is 0 Å². The highest BCUT2D eigenvalue weighted by Crippen LogP contribution is 2.29. The number of piperazine rings is 1. The number of aromatic nitrogens is 3. The number of anilines is 2. The van der Waals surface area contributed by atoms with Crippen LogP contribution >= 0.6 is 0 Å². The van der Waals surface area contributed by atoms with E-state index in [1.165, 1.54) is 5.69 Å². The fraction of sp³-hybridized carbons (Fsp3) is 0.278. The number of carbonyl (C=O) groups excluding carboxylic acids is 2. The van der Waals surface area contributed by atoms with E-state index in [0.29, 0.717) is 39.0 Å². The summed E-state index contributed by atoms with van der Waals surface area (Å²) in [5.74, 6) is -0.536. The number of nitrogens with zero attached hydrogens (tertiary/aromatic N) is 5. The van der Waals surface area contributed by atoms with Crippen molar-refractivity contribution < 1.29 is 14.7 Å². The Kier molecular flexibility index (Phi) is 8.22. The molecule has 1 amide bonds. The SMILES string of the molecule is Cc1cc(C(=O)Nc2cccc(C(=O)c3ccc4[nH]c(O)c(C=Nc5ccc(N6CCN(C)CC6)cc5)c4c3)c2)n(C(C)(C)C)n1. The molecule has 1 aliphatic rings. The van der Waals surface area contributed by atoms with Gasteiger partial charge in [0.25, 0.3) is 5.91 Å². The maximum absolute atomic E-state index is 13.6. The van der Waals surface area contributed by atoms with Crippen molar-refractivity contribution in [1.82, 2.24) is 19.7 Å². The lowest BCUT2D eigenvalue weighted by atomic mass is 10.0. The van der Waals surface area contributed by atoms with Crippen LogP contribution in [0.1, 0.15) is 58.4 Å². The van der Waals surface area contributed by atoms with Gasteiger partial charge in [0, 0.05) is 65.8 Å². The Hall–Kier alpha value is -5.22. The van der Waals surface area contributed by atoms with Crippen molar-refractivity contribution in [2.75, 3.05) is 43.4 Å². The second-order valence-corrected chi connectivity index (χ2v) is 12.8. The zero-order valence-corrected chi connectivity index (χ0v) is 26.8. The minimum absolute atomic E-state index is 0.0214. The summed E-state index contributed by atoms with van der Waals surface area (Å²) in [6.45, 7) is 11.9. The molecule has 0 radical (unpaired) electrons. The van der Waals surface area contributed by atoms with Crippen molar-refractivity contribution in [2.24, 2.45) is 4.99 Å². The zero-order chi connectivity index (χ0) is 32.6. The van der Waals surface area contributed by atoms with Crippen LogP contribution in [0.5, 0.6) is 5.88 Å². The number of rotatable bonds is 7. The van der Waals surface area contributed by atoms with Gasteiger partial charge in [0.05, 0.1) is 22.5 Å². The smallest absolute Gasteiger partial charge is 0.273 e. The van der Waals surface area contributed by atoms with Gasteiger partial charge in [-0.15, -0.1) is 0 Å². The third-order valence-electron chi connectivity index (χ3n) is 8.22. The van der Waals surface area contributed by atoms with Crippen molar-refractivity contribution in [3.05, 3.63) is 101 Å². The molecule has 0 unspecified atom stereocenters. The topological polar surface area (TPSA) is 119 Å².